The second-order valence-electron chi connectivity index (χ2n) is 2.83. The summed E-state index contributed by atoms with van der Waals surface area (Å²) >= 11 is 0. The third-order valence-corrected chi connectivity index (χ3v) is 1.80. The number of hydrazine groups is 3. The van der Waals surface area contributed by atoms with E-state index >= 15 is 0 Å². The highest BCUT2D eigenvalue weighted by Crippen LogP contribution is 1.96. The Bertz CT molecular complexity index is 250. The van der Waals surface area contributed by atoms with E-state index in [0.29, 0.717) is 13.2 Å². The fourth-order valence-electron chi connectivity index (χ4n) is 1.15. The van der Waals surface area contributed by atoms with E-state index in [9.17, 15) is 4.39 Å². The smallest absolute Gasteiger partial charge is 0.236 e. The van der Waals surface area contributed by atoms with Crippen molar-refractivity contribution in [3.05, 3.63) is 12.3 Å². The van der Waals surface area contributed by atoms with E-state index in [1.165, 1.54) is 5.23 Å². The van der Waals surface area contributed by atoms with E-state index in [2.05, 4.69) is 22.3 Å². The average Bonchev–Trinajstić information content (AvgIpc) is 2.19. The van der Waals surface area contributed by atoms with Crippen LogP contribution in [-0.2, 0) is 4.74 Å². The van der Waals surface area contributed by atoms with Crippen LogP contribution in [0.5, 0.6) is 0 Å². The molecule has 7 heteroatoms. The topological polar surface area (TPSA) is 52.1 Å². The fraction of sp³-hybridized carbons (Fsp3) is 0.571. The molecule has 0 aromatic heterocycles. The Morgan fingerprint density at radius 2 is 2.36 bits per heavy atom. The van der Waals surface area contributed by atoms with Crippen LogP contribution in [0.15, 0.2) is 11.2 Å². The van der Waals surface area contributed by atoms with Gasteiger partial charge in [0.05, 0.1) is 19.4 Å². The molecule has 1 saturated heterocycles. The number of hydrogen-bond acceptors (Lipinski definition) is 6. The molecule has 0 spiro atoms. The van der Waals surface area contributed by atoms with E-state index in [0.717, 1.165) is 19.2 Å². The zero-order valence-corrected chi connectivity index (χ0v) is 7.53. The largest absolute Gasteiger partial charge is 0.379 e. The lowest BCUT2D eigenvalue weighted by Gasteiger charge is -2.31. The Kier molecular flexibility index (Phi) is 2.92. The summed E-state index contributed by atoms with van der Waals surface area (Å²) in [7, 11) is 0. The van der Waals surface area contributed by atoms with Crippen LogP contribution in [-0.4, -0.2) is 42.5 Å². The SMILES string of the molecule is FC1=NN(NN2CCOCC2)N[C]=C1. The lowest BCUT2D eigenvalue weighted by molar-refractivity contribution is -0.0622. The van der Waals surface area contributed by atoms with E-state index in [-0.39, 0.29) is 0 Å². The van der Waals surface area contributed by atoms with Crippen molar-refractivity contribution in [2.45, 2.75) is 0 Å². The molecule has 2 N–H and O–H groups in total. The molecule has 77 valence electrons. The molecule has 2 aliphatic rings. The summed E-state index contributed by atoms with van der Waals surface area (Å²) in [5, 5.41) is 6.58. The summed E-state index contributed by atoms with van der Waals surface area (Å²) in [6, 6.07) is 0. The first kappa shape index (κ1) is 9.38. The third kappa shape index (κ3) is 2.41. The molecule has 2 aliphatic heterocycles. The fourth-order valence-corrected chi connectivity index (χ4v) is 1.15. The molecule has 1 fully saturated rings. The van der Waals surface area contributed by atoms with Crippen LogP contribution < -0.4 is 11.0 Å². The number of morpholine rings is 1. The van der Waals surface area contributed by atoms with Crippen molar-refractivity contribution in [1.82, 2.24) is 21.2 Å². The van der Waals surface area contributed by atoms with E-state index < -0.39 is 5.97 Å². The summed E-state index contributed by atoms with van der Waals surface area (Å²) in [6.07, 6.45) is 3.62. The Hall–Kier alpha value is -1.18. The van der Waals surface area contributed by atoms with Crippen molar-refractivity contribution in [2.75, 3.05) is 26.3 Å². The van der Waals surface area contributed by atoms with Gasteiger partial charge in [0.1, 0.15) is 0 Å². The summed E-state index contributed by atoms with van der Waals surface area (Å²) in [6.45, 7) is 2.79. The maximum Gasteiger partial charge on any atom is 0.236 e. The first-order valence-corrected chi connectivity index (χ1v) is 4.32. The number of hydrogen-bond donors (Lipinski definition) is 2. The van der Waals surface area contributed by atoms with Gasteiger partial charge in [0.25, 0.3) is 0 Å². The van der Waals surface area contributed by atoms with Gasteiger partial charge >= 0.3 is 0 Å². The molecule has 14 heavy (non-hydrogen) atoms. The molecule has 0 unspecified atom stereocenters. The average molecular weight is 200 g/mol. The van der Waals surface area contributed by atoms with Gasteiger partial charge in [-0.2, -0.15) is 4.39 Å². The molecule has 2 rings (SSSR count). The molecule has 2 heterocycles. The molecule has 0 amide bonds. The van der Waals surface area contributed by atoms with Crippen LogP contribution in [0.4, 0.5) is 4.39 Å². The van der Waals surface area contributed by atoms with Crippen LogP contribution in [0.25, 0.3) is 0 Å². The predicted molar refractivity (Wildman–Crippen MR) is 46.9 cm³/mol. The summed E-state index contributed by atoms with van der Waals surface area (Å²) in [4.78, 5) is 0. The van der Waals surface area contributed by atoms with Crippen molar-refractivity contribution in [3.8, 4) is 0 Å². The summed E-state index contributed by atoms with van der Waals surface area (Å²) < 4.78 is 17.8. The minimum atomic E-state index is -0.593. The summed E-state index contributed by atoms with van der Waals surface area (Å²) in [5.41, 5.74) is 5.46. The van der Waals surface area contributed by atoms with E-state index in [1.807, 2.05) is 5.01 Å². The number of nitrogens with one attached hydrogen (secondary N) is 2. The van der Waals surface area contributed by atoms with Crippen LogP contribution in [0.3, 0.4) is 0 Å². The Balaban J connectivity index is 1.82. The van der Waals surface area contributed by atoms with Gasteiger partial charge in [-0.25, -0.2) is 5.01 Å². The number of rotatable bonds is 2. The highest BCUT2D eigenvalue weighted by atomic mass is 19.1. The van der Waals surface area contributed by atoms with Crippen molar-refractivity contribution in [3.63, 3.8) is 0 Å². The normalized spacial score (nSPS) is 23.2. The lowest BCUT2D eigenvalue weighted by Crippen LogP contribution is -2.56. The standard InChI is InChI=1S/C7H11FN5O/c8-7-1-2-9-13(10-7)11-12-3-5-14-6-4-12/h1,9,11H,3-6H2. The number of hydrazone groups is 1. The minimum Gasteiger partial charge on any atom is -0.379 e. The second kappa shape index (κ2) is 4.36. The van der Waals surface area contributed by atoms with Crippen LogP contribution in [0, 0.1) is 6.20 Å². The molecular formula is C7H11FN5O. The molecule has 6 nitrogen and oxygen atoms in total. The molecular weight excluding hydrogens is 189 g/mol. The first-order valence-electron chi connectivity index (χ1n) is 4.32. The minimum absolute atomic E-state index is 0.593. The number of halogens is 1. The van der Waals surface area contributed by atoms with Gasteiger partial charge in [-0.15, -0.1) is 15.9 Å². The Labute approximate surface area is 80.9 Å². The van der Waals surface area contributed by atoms with Gasteiger partial charge in [-0.05, 0) is 0 Å². The Morgan fingerprint density at radius 3 is 3.07 bits per heavy atom. The second-order valence-corrected chi connectivity index (χ2v) is 2.83. The van der Waals surface area contributed by atoms with Crippen LogP contribution >= 0.6 is 0 Å². The molecule has 0 bridgehead atoms. The maximum absolute atomic E-state index is 12.7. The van der Waals surface area contributed by atoms with Crippen molar-refractivity contribution in [1.29, 1.82) is 0 Å². The van der Waals surface area contributed by atoms with Gasteiger partial charge in [-0.1, -0.05) is 0 Å². The zero-order chi connectivity index (χ0) is 9.80. The van der Waals surface area contributed by atoms with E-state index in [1.54, 1.807) is 0 Å². The monoisotopic (exact) mass is 200 g/mol. The number of allylic oxidation sites excluding steroid dienone is 1. The zero-order valence-electron chi connectivity index (χ0n) is 7.53. The van der Waals surface area contributed by atoms with Crippen LogP contribution in [0.2, 0.25) is 0 Å². The molecule has 1 radical (unpaired) electrons. The summed E-state index contributed by atoms with van der Waals surface area (Å²) in [5.74, 6) is -0.593. The predicted octanol–water partition coefficient (Wildman–Crippen LogP) is -0.842. The van der Waals surface area contributed by atoms with Gasteiger partial charge in [-0.3, -0.25) is 5.43 Å². The molecule has 0 aromatic carbocycles. The van der Waals surface area contributed by atoms with Crippen LogP contribution in [0.1, 0.15) is 0 Å². The van der Waals surface area contributed by atoms with Crippen molar-refractivity contribution >= 4 is 5.97 Å². The molecule has 0 aromatic rings. The van der Waals surface area contributed by atoms with Gasteiger partial charge in [0, 0.05) is 19.2 Å². The van der Waals surface area contributed by atoms with Crippen molar-refractivity contribution in [2.24, 2.45) is 5.10 Å². The quantitative estimate of drug-likeness (QED) is 0.608. The highest BCUT2D eigenvalue weighted by Gasteiger charge is 2.14. The van der Waals surface area contributed by atoms with E-state index in [4.69, 9.17) is 4.74 Å². The van der Waals surface area contributed by atoms with Gasteiger partial charge < -0.3 is 4.74 Å². The third-order valence-electron chi connectivity index (χ3n) is 1.80. The van der Waals surface area contributed by atoms with Crippen molar-refractivity contribution < 1.29 is 9.13 Å². The lowest BCUT2D eigenvalue weighted by atomic mass is 10.5. The number of ether oxygens (including phenoxy) is 1. The molecule has 0 aliphatic carbocycles. The molecule has 0 saturated carbocycles. The maximum atomic E-state index is 12.7. The van der Waals surface area contributed by atoms with Gasteiger partial charge in [0.15, 0.2) is 0 Å². The highest BCUT2D eigenvalue weighted by molar-refractivity contribution is 5.85. The molecule has 0 atom stereocenters. The van der Waals surface area contributed by atoms with Gasteiger partial charge in [0.2, 0.25) is 5.97 Å². The first-order chi connectivity index (χ1) is 6.84. The Morgan fingerprint density at radius 1 is 1.57 bits per heavy atom. The number of nitrogens with zero attached hydrogens (tertiary/aromatic N) is 3.